The molecular weight excluding hydrogens is 158 g/mol. The van der Waals surface area contributed by atoms with Crippen LogP contribution in [0.15, 0.2) is 0 Å². The second kappa shape index (κ2) is 3.18. The molecule has 4 nitrogen and oxygen atoms in total. The standard InChI is InChI=1S/C5H9NO3.ClH/c7-4(8)5(9)2-1-3-6-5;/h6,9H,1-3H2,(H,7,8);1H/t5-;/m1./s1. The highest BCUT2D eigenvalue weighted by Gasteiger charge is 2.38. The monoisotopic (exact) mass is 167 g/mol. The highest BCUT2D eigenvalue weighted by Crippen LogP contribution is 2.14. The SMILES string of the molecule is Cl.O=C(O)[C@]1(O)CCCN1. The largest absolute Gasteiger partial charge is 0.478 e. The lowest BCUT2D eigenvalue weighted by molar-refractivity contribution is -0.160. The predicted molar refractivity (Wildman–Crippen MR) is 37.1 cm³/mol. The molecule has 3 N–H and O–H groups in total. The van der Waals surface area contributed by atoms with E-state index in [9.17, 15) is 4.79 Å². The van der Waals surface area contributed by atoms with Crippen molar-refractivity contribution in [2.24, 2.45) is 0 Å². The number of hydrogen-bond acceptors (Lipinski definition) is 3. The molecule has 0 aromatic heterocycles. The molecule has 0 aromatic rings. The summed E-state index contributed by atoms with van der Waals surface area (Å²) in [4.78, 5) is 10.2. The van der Waals surface area contributed by atoms with Gasteiger partial charge in [0.15, 0.2) is 0 Å². The van der Waals surface area contributed by atoms with Crippen LogP contribution >= 0.6 is 12.4 Å². The first-order chi connectivity index (χ1) is 4.15. The quantitative estimate of drug-likeness (QED) is 0.496. The van der Waals surface area contributed by atoms with Crippen molar-refractivity contribution >= 4 is 18.4 Å². The summed E-state index contributed by atoms with van der Waals surface area (Å²) in [5.41, 5.74) is -1.64. The molecule has 0 unspecified atom stereocenters. The summed E-state index contributed by atoms with van der Waals surface area (Å²) in [6, 6.07) is 0. The van der Waals surface area contributed by atoms with Gasteiger partial charge in [0.25, 0.3) is 0 Å². The molecular formula is C5H10ClNO3. The number of carboxylic acid groups (broad SMARTS) is 1. The van der Waals surface area contributed by atoms with Crippen LogP contribution in [-0.4, -0.2) is 28.5 Å². The number of hydrogen-bond donors (Lipinski definition) is 3. The van der Waals surface area contributed by atoms with Crippen molar-refractivity contribution in [1.29, 1.82) is 0 Å². The third-order valence-corrected chi connectivity index (χ3v) is 1.49. The lowest BCUT2D eigenvalue weighted by Crippen LogP contribution is -2.47. The molecule has 0 saturated carbocycles. The lowest BCUT2D eigenvalue weighted by atomic mass is 10.2. The topological polar surface area (TPSA) is 69.6 Å². The van der Waals surface area contributed by atoms with Crippen molar-refractivity contribution in [1.82, 2.24) is 5.32 Å². The molecule has 60 valence electrons. The second-order valence-corrected chi connectivity index (χ2v) is 2.20. The van der Waals surface area contributed by atoms with E-state index in [1.165, 1.54) is 0 Å². The molecule has 1 aliphatic heterocycles. The van der Waals surface area contributed by atoms with E-state index in [1.807, 2.05) is 0 Å². The normalized spacial score (nSPS) is 31.3. The van der Waals surface area contributed by atoms with E-state index in [2.05, 4.69) is 5.32 Å². The minimum Gasteiger partial charge on any atom is -0.478 e. The fourth-order valence-electron chi connectivity index (χ4n) is 0.910. The number of aliphatic carboxylic acids is 1. The summed E-state index contributed by atoms with van der Waals surface area (Å²) in [6.45, 7) is 0.586. The van der Waals surface area contributed by atoms with Crippen LogP contribution in [0, 0.1) is 0 Å². The van der Waals surface area contributed by atoms with Crippen LogP contribution in [0.5, 0.6) is 0 Å². The van der Waals surface area contributed by atoms with Gasteiger partial charge in [-0.1, -0.05) is 0 Å². The van der Waals surface area contributed by atoms with Crippen molar-refractivity contribution in [3.05, 3.63) is 0 Å². The maximum atomic E-state index is 10.2. The fraction of sp³-hybridized carbons (Fsp3) is 0.800. The molecule has 1 heterocycles. The summed E-state index contributed by atoms with van der Waals surface area (Å²) in [7, 11) is 0. The van der Waals surface area contributed by atoms with Gasteiger partial charge in [0.1, 0.15) is 0 Å². The van der Waals surface area contributed by atoms with Crippen LogP contribution in [0.3, 0.4) is 0 Å². The molecule has 0 bridgehead atoms. The smallest absolute Gasteiger partial charge is 0.351 e. The van der Waals surface area contributed by atoms with Crippen LogP contribution < -0.4 is 5.32 Å². The number of carboxylic acids is 1. The number of carbonyl (C=O) groups is 1. The highest BCUT2D eigenvalue weighted by molar-refractivity contribution is 5.85. The molecule has 0 aromatic carbocycles. The van der Waals surface area contributed by atoms with Gasteiger partial charge in [0.05, 0.1) is 0 Å². The molecule has 0 radical (unpaired) electrons. The maximum absolute atomic E-state index is 10.2. The Labute approximate surface area is 64.6 Å². The second-order valence-electron chi connectivity index (χ2n) is 2.20. The van der Waals surface area contributed by atoms with Crippen LogP contribution in [0.4, 0.5) is 0 Å². The molecule has 0 aliphatic carbocycles. The summed E-state index contributed by atoms with van der Waals surface area (Å²) < 4.78 is 0. The Hall–Kier alpha value is -0.320. The van der Waals surface area contributed by atoms with E-state index in [-0.39, 0.29) is 12.4 Å². The molecule has 1 atom stereocenters. The Morgan fingerprint density at radius 2 is 2.20 bits per heavy atom. The van der Waals surface area contributed by atoms with Gasteiger partial charge >= 0.3 is 5.97 Å². The zero-order valence-corrected chi connectivity index (χ0v) is 6.15. The average molecular weight is 168 g/mol. The summed E-state index contributed by atoms with van der Waals surface area (Å²) in [6.07, 6.45) is 1.03. The number of halogens is 1. The summed E-state index contributed by atoms with van der Waals surface area (Å²) in [5.74, 6) is -1.18. The summed E-state index contributed by atoms with van der Waals surface area (Å²) in [5, 5.41) is 19.9. The third-order valence-electron chi connectivity index (χ3n) is 1.49. The zero-order chi connectivity index (χ0) is 6.91. The first-order valence-electron chi connectivity index (χ1n) is 2.86. The zero-order valence-electron chi connectivity index (χ0n) is 5.33. The molecule has 1 saturated heterocycles. The Bertz CT molecular complexity index is 133. The van der Waals surface area contributed by atoms with Gasteiger partial charge in [-0.25, -0.2) is 4.79 Å². The fourth-order valence-corrected chi connectivity index (χ4v) is 0.910. The van der Waals surface area contributed by atoms with Crippen LogP contribution in [0.2, 0.25) is 0 Å². The Morgan fingerprint density at radius 3 is 2.40 bits per heavy atom. The van der Waals surface area contributed by atoms with Gasteiger partial charge in [-0.05, 0) is 13.0 Å². The van der Waals surface area contributed by atoms with Gasteiger partial charge in [-0.2, -0.15) is 0 Å². The molecule has 0 amide bonds. The van der Waals surface area contributed by atoms with Crippen molar-refractivity contribution in [2.75, 3.05) is 6.54 Å². The Morgan fingerprint density at radius 1 is 1.60 bits per heavy atom. The Kier molecular flexibility index (Phi) is 3.08. The molecule has 1 rings (SSSR count). The molecule has 1 aliphatic rings. The predicted octanol–water partition coefficient (Wildman–Crippen LogP) is -0.435. The van der Waals surface area contributed by atoms with Crippen LogP contribution in [0.1, 0.15) is 12.8 Å². The van der Waals surface area contributed by atoms with Gasteiger partial charge in [-0.15, -0.1) is 12.4 Å². The number of aliphatic hydroxyl groups is 1. The minimum absolute atomic E-state index is 0. The van der Waals surface area contributed by atoms with E-state index in [1.54, 1.807) is 0 Å². The van der Waals surface area contributed by atoms with Crippen LogP contribution in [0.25, 0.3) is 0 Å². The van der Waals surface area contributed by atoms with E-state index >= 15 is 0 Å². The molecule has 5 heteroatoms. The maximum Gasteiger partial charge on any atom is 0.351 e. The number of nitrogens with one attached hydrogen (secondary N) is 1. The molecule has 0 spiro atoms. The van der Waals surface area contributed by atoms with Crippen molar-refractivity contribution < 1.29 is 15.0 Å². The van der Waals surface area contributed by atoms with Gasteiger partial charge in [-0.3, -0.25) is 5.32 Å². The lowest BCUT2D eigenvalue weighted by Gasteiger charge is -2.15. The Balaban J connectivity index is 0.000000810. The van der Waals surface area contributed by atoms with E-state index in [0.717, 1.165) is 6.42 Å². The van der Waals surface area contributed by atoms with Crippen molar-refractivity contribution in [3.63, 3.8) is 0 Å². The van der Waals surface area contributed by atoms with E-state index in [4.69, 9.17) is 10.2 Å². The van der Waals surface area contributed by atoms with Crippen molar-refractivity contribution in [2.45, 2.75) is 18.6 Å². The van der Waals surface area contributed by atoms with Crippen LogP contribution in [-0.2, 0) is 4.79 Å². The summed E-state index contributed by atoms with van der Waals surface area (Å²) >= 11 is 0. The van der Waals surface area contributed by atoms with Crippen molar-refractivity contribution in [3.8, 4) is 0 Å². The van der Waals surface area contributed by atoms with Gasteiger partial charge in [0, 0.05) is 6.42 Å². The highest BCUT2D eigenvalue weighted by atomic mass is 35.5. The minimum atomic E-state index is -1.64. The van der Waals surface area contributed by atoms with Gasteiger partial charge in [0.2, 0.25) is 5.72 Å². The molecule has 1 fully saturated rings. The first kappa shape index (κ1) is 9.68. The third kappa shape index (κ3) is 1.59. The molecule has 10 heavy (non-hydrogen) atoms. The van der Waals surface area contributed by atoms with E-state index < -0.39 is 11.7 Å². The first-order valence-corrected chi connectivity index (χ1v) is 2.86. The number of rotatable bonds is 1. The average Bonchev–Trinajstić information content (AvgIpc) is 2.16. The van der Waals surface area contributed by atoms with Gasteiger partial charge < -0.3 is 10.2 Å². The van der Waals surface area contributed by atoms with E-state index in [0.29, 0.717) is 13.0 Å².